The van der Waals surface area contributed by atoms with E-state index in [2.05, 4.69) is 0 Å². The Balaban J connectivity index is 1.47. The topological polar surface area (TPSA) is 71.0 Å². The minimum atomic E-state index is -0.467. The first-order valence-electron chi connectivity index (χ1n) is 9.16. The van der Waals surface area contributed by atoms with Gasteiger partial charge in [-0.15, -0.1) is 0 Å². The molecular formula is C23H14O6. The Kier molecular flexibility index (Phi) is 3.34. The van der Waals surface area contributed by atoms with Gasteiger partial charge in [-0.25, -0.2) is 4.79 Å². The van der Waals surface area contributed by atoms with Crippen molar-refractivity contribution in [3.63, 3.8) is 0 Å². The smallest absolute Gasteiger partial charge is 0.348 e. The highest BCUT2D eigenvalue weighted by Gasteiger charge is 2.21. The largest absolute Gasteiger partial charge is 0.489 e. The highest BCUT2D eigenvalue weighted by molar-refractivity contribution is 6.13. The van der Waals surface area contributed by atoms with E-state index in [4.69, 9.17) is 23.0 Å². The highest BCUT2D eigenvalue weighted by atomic mass is 16.7. The van der Waals surface area contributed by atoms with Crippen molar-refractivity contribution >= 4 is 32.9 Å². The normalized spacial score (nSPS) is 12.8. The van der Waals surface area contributed by atoms with Crippen molar-refractivity contribution in [3.8, 4) is 17.2 Å². The molecular weight excluding hydrogens is 372 g/mol. The molecule has 0 spiro atoms. The van der Waals surface area contributed by atoms with Crippen molar-refractivity contribution in [1.82, 2.24) is 0 Å². The van der Waals surface area contributed by atoms with Gasteiger partial charge in [-0.2, -0.15) is 0 Å². The lowest BCUT2D eigenvalue weighted by Crippen LogP contribution is -1.99. The molecule has 6 nitrogen and oxygen atoms in total. The summed E-state index contributed by atoms with van der Waals surface area (Å²) < 4.78 is 28.2. The Morgan fingerprint density at radius 2 is 1.62 bits per heavy atom. The van der Waals surface area contributed by atoms with Crippen LogP contribution in [0.25, 0.3) is 32.9 Å². The fourth-order valence-electron chi connectivity index (χ4n) is 3.64. The second kappa shape index (κ2) is 6.04. The Bertz CT molecular complexity index is 1450. The summed E-state index contributed by atoms with van der Waals surface area (Å²) in [5, 5.41) is 1.73. The van der Waals surface area contributed by atoms with Crippen LogP contribution in [-0.2, 0) is 6.61 Å². The predicted molar refractivity (Wildman–Crippen MR) is 107 cm³/mol. The summed E-state index contributed by atoms with van der Waals surface area (Å²) in [5.41, 5.74) is 2.02. The first-order valence-corrected chi connectivity index (χ1v) is 9.16. The molecule has 0 N–H and O–H groups in total. The first kappa shape index (κ1) is 16.1. The summed E-state index contributed by atoms with van der Waals surface area (Å²) in [6, 6.07) is 18.7. The van der Waals surface area contributed by atoms with Gasteiger partial charge in [0.05, 0.1) is 5.39 Å². The van der Waals surface area contributed by atoms with Gasteiger partial charge in [0.25, 0.3) is 0 Å². The number of hydrogen-bond acceptors (Lipinski definition) is 6. The van der Waals surface area contributed by atoms with Crippen molar-refractivity contribution in [3.05, 3.63) is 76.6 Å². The molecule has 0 amide bonds. The maximum Gasteiger partial charge on any atom is 0.348 e. The summed E-state index contributed by atoms with van der Waals surface area (Å²) >= 11 is 0. The third kappa shape index (κ3) is 2.53. The summed E-state index contributed by atoms with van der Waals surface area (Å²) in [6.45, 7) is 0.582. The summed E-state index contributed by atoms with van der Waals surface area (Å²) in [7, 11) is 0. The lowest BCUT2D eigenvalue weighted by molar-refractivity contribution is 0.174. The Morgan fingerprint density at radius 3 is 2.48 bits per heavy atom. The molecule has 0 atom stereocenters. The molecule has 5 aromatic rings. The van der Waals surface area contributed by atoms with E-state index in [1.165, 1.54) is 0 Å². The number of ether oxygens (including phenoxy) is 3. The average molecular weight is 386 g/mol. The van der Waals surface area contributed by atoms with Gasteiger partial charge in [0.1, 0.15) is 28.9 Å². The molecule has 6 heteroatoms. The molecule has 29 heavy (non-hydrogen) atoms. The third-order valence-corrected chi connectivity index (χ3v) is 5.04. The van der Waals surface area contributed by atoms with Gasteiger partial charge >= 0.3 is 5.63 Å². The molecule has 1 aliphatic rings. The molecule has 0 saturated carbocycles. The second-order valence-corrected chi connectivity index (χ2v) is 6.83. The van der Waals surface area contributed by atoms with Crippen molar-refractivity contribution in [2.24, 2.45) is 0 Å². The molecule has 0 fully saturated rings. The van der Waals surface area contributed by atoms with Crippen LogP contribution in [0.15, 0.2) is 74.3 Å². The van der Waals surface area contributed by atoms with E-state index >= 15 is 0 Å². The number of rotatable bonds is 3. The van der Waals surface area contributed by atoms with E-state index in [1.807, 2.05) is 42.5 Å². The fourth-order valence-corrected chi connectivity index (χ4v) is 3.64. The van der Waals surface area contributed by atoms with Crippen molar-refractivity contribution in [1.29, 1.82) is 0 Å². The zero-order chi connectivity index (χ0) is 19.4. The van der Waals surface area contributed by atoms with Gasteiger partial charge in [0.15, 0.2) is 17.1 Å². The van der Waals surface area contributed by atoms with E-state index in [9.17, 15) is 4.79 Å². The van der Waals surface area contributed by atoms with Crippen LogP contribution in [0.4, 0.5) is 0 Å². The molecule has 0 bridgehead atoms. The van der Waals surface area contributed by atoms with Gasteiger partial charge < -0.3 is 23.0 Å². The van der Waals surface area contributed by atoms with E-state index in [1.54, 1.807) is 18.2 Å². The van der Waals surface area contributed by atoms with Crippen LogP contribution >= 0.6 is 0 Å². The molecule has 2 aromatic heterocycles. The molecule has 6 rings (SSSR count). The Labute approximate surface area is 163 Å². The maximum absolute atomic E-state index is 12.7. The van der Waals surface area contributed by atoms with Crippen molar-refractivity contribution in [2.75, 3.05) is 6.79 Å². The van der Waals surface area contributed by atoms with Gasteiger partial charge in [-0.3, -0.25) is 0 Å². The SMILES string of the molecule is O=c1oc2cc(OCc3ccccc3)ccc2c2oc3cc4c(cc3c12)OCO4. The predicted octanol–water partition coefficient (Wildman–Crippen LogP) is 5.00. The van der Waals surface area contributed by atoms with Crippen LogP contribution in [-0.4, -0.2) is 6.79 Å². The number of hydrogen-bond donors (Lipinski definition) is 0. The monoisotopic (exact) mass is 386 g/mol. The second-order valence-electron chi connectivity index (χ2n) is 6.83. The zero-order valence-electron chi connectivity index (χ0n) is 15.1. The molecule has 0 unspecified atom stereocenters. The van der Waals surface area contributed by atoms with Crippen molar-refractivity contribution < 1.29 is 23.0 Å². The van der Waals surface area contributed by atoms with Crippen LogP contribution in [0.3, 0.4) is 0 Å². The molecule has 1 aliphatic heterocycles. The molecule has 3 aromatic carbocycles. The van der Waals surface area contributed by atoms with Gasteiger partial charge in [-0.05, 0) is 23.8 Å². The average Bonchev–Trinajstić information content (AvgIpc) is 3.35. The van der Waals surface area contributed by atoms with Gasteiger partial charge in [0, 0.05) is 17.5 Å². The molecule has 0 saturated heterocycles. The summed E-state index contributed by atoms with van der Waals surface area (Å²) in [5.74, 6) is 1.80. The molecule has 0 aliphatic carbocycles. The standard InChI is InChI=1S/C23H14O6/c24-23-21-16-9-19-20(27-12-26-19)10-18(16)28-22(21)15-7-6-14(8-17(15)29-23)25-11-13-4-2-1-3-5-13/h1-10H,11-12H2. The minimum Gasteiger partial charge on any atom is -0.489 e. The maximum atomic E-state index is 12.7. The van der Waals surface area contributed by atoms with Crippen LogP contribution in [0.5, 0.6) is 17.2 Å². The lowest BCUT2D eigenvalue weighted by Gasteiger charge is -2.07. The minimum absolute atomic E-state index is 0.156. The highest BCUT2D eigenvalue weighted by Crippen LogP contribution is 2.40. The van der Waals surface area contributed by atoms with Crippen molar-refractivity contribution in [2.45, 2.75) is 6.61 Å². The summed E-state index contributed by atoms with van der Waals surface area (Å²) in [4.78, 5) is 12.7. The third-order valence-electron chi connectivity index (χ3n) is 5.04. The summed E-state index contributed by atoms with van der Waals surface area (Å²) in [6.07, 6.45) is 0. The van der Waals surface area contributed by atoms with E-state index in [0.29, 0.717) is 56.8 Å². The van der Waals surface area contributed by atoms with E-state index in [0.717, 1.165) is 5.56 Å². The number of fused-ring (bicyclic) bond motifs is 6. The van der Waals surface area contributed by atoms with Crippen LogP contribution < -0.4 is 19.8 Å². The zero-order valence-corrected chi connectivity index (χ0v) is 15.1. The quantitative estimate of drug-likeness (QED) is 0.406. The van der Waals surface area contributed by atoms with Gasteiger partial charge in [0.2, 0.25) is 6.79 Å². The van der Waals surface area contributed by atoms with Crippen LogP contribution in [0, 0.1) is 0 Å². The van der Waals surface area contributed by atoms with Gasteiger partial charge in [-0.1, -0.05) is 30.3 Å². The lowest BCUT2D eigenvalue weighted by atomic mass is 10.1. The molecule has 142 valence electrons. The number of benzene rings is 3. The fraction of sp³-hybridized carbons (Fsp3) is 0.0870. The Morgan fingerprint density at radius 1 is 0.828 bits per heavy atom. The first-order chi connectivity index (χ1) is 14.3. The molecule has 3 heterocycles. The molecule has 0 radical (unpaired) electrons. The Hall–Kier alpha value is -3.93. The number of furan rings is 1. The van der Waals surface area contributed by atoms with Crippen LogP contribution in [0.1, 0.15) is 5.56 Å². The van der Waals surface area contributed by atoms with E-state index < -0.39 is 5.63 Å². The van der Waals surface area contributed by atoms with E-state index in [-0.39, 0.29) is 6.79 Å². The van der Waals surface area contributed by atoms with Crippen LogP contribution in [0.2, 0.25) is 0 Å².